The number of hydrogen-bond donors (Lipinski definition) is 1. The number of carbonyl (C=O) groups excluding carboxylic acids is 1. The number of nitrogens with zero attached hydrogens (tertiary/aromatic N) is 4. The summed E-state index contributed by atoms with van der Waals surface area (Å²) in [6.45, 7) is 0. The van der Waals surface area contributed by atoms with E-state index in [-0.39, 0.29) is 11.7 Å². The molecule has 0 aliphatic carbocycles. The molecule has 8 heteroatoms. The van der Waals surface area contributed by atoms with E-state index in [1.807, 2.05) is 30.3 Å². The molecule has 142 valence electrons. The fourth-order valence-corrected chi connectivity index (χ4v) is 3.68. The number of nitriles is 1. The van der Waals surface area contributed by atoms with Crippen molar-refractivity contribution in [2.24, 2.45) is 0 Å². The van der Waals surface area contributed by atoms with Crippen molar-refractivity contribution in [1.29, 1.82) is 5.26 Å². The molecule has 1 N–H and O–H groups in total. The van der Waals surface area contributed by atoms with Gasteiger partial charge in [-0.1, -0.05) is 47.6 Å². The van der Waals surface area contributed by atoms with Gasteiger partial charge in [0.2, 0.25) is 5.91 Å². The van der Waals surface area contributed by atoms with Crippen molar-refractivity contribution in [2.75, 3.05) is 11.1 Å². The summed E-state index contributed by atoms with van der Waals surface area (Å²) >= 11 is 7.27. The first-order valence-electron chi connectivity index (χ1n) is 8.66. The fraction of sp³-hybridized carbons (Fsp3) is 0.0476. The van der Waals surface area contributed by atoms with Crippen LogP contribution in [0.5, 0.6) is 0 Å². The summed E-state index contributed by atoms with van der Waals surface area (Å²) in [5, 5.41) is 17.8. The van der Waals surface area contributed by atoms with Gasteiger partial charge in [-0.15, -0.1) is 0 Å². The number of halogens is 1. The van der Waals surface area contributed by atoms with E-state index in [1.54, 1.807) is 41.2 Å². The molecule has 0 unspecified atom stereocenters. The monoisotopic (exact) mass is 419 g/mol. The van der Waals surface area contributed by atoms with Crippen LogP contribution >= 0.6 is 23.4 Å². The lowest BCUT2D eigenvalue weighted by atomic mass is 10.1. The summed E-state index contributed by atoms with van der Waals surface area (Å²) in [6, 6.07) is 18.3. The van der Waals surface area contributed by atoms with Crippen LogP contribution in [0.2, 0.25) is 5.02 Å². The third-order valence-corrected chi connectivity index (χ3v) is 5.40. The third kappa shape index (κ3) is 4.24. The lowest BCUT2D eigenvalue weighted by Crippen LogP contribution is -2.15. The molecular formula is C21H14ClN5OS. The predicted octanol–water partition coefficient (Wildman–Crippen LogP) is 4.65. The first-order chi connectivity index (χ1) is 14.1. The van der Waals surface area contributed by atoms with Crippen LogP contribution in [0, 0.1) is 11.3 Å². The van der Waals surface area contributed by atoms with Crippen LogP contribution in [0.15, 0.2) is 72.0 Å². The number of para-hydroxylation sites is 1. The Morgan fingerprint density at radius 3 is 2.79 bits per heavy atom. The van der Waals surface area contributed by atoms with E-state index in [4.69, 9.17) is 16.9 Å². The van der Waals surface area contributed by atoms with E-state index in [0.717, 1.165) is 16.8 Å². The average molecular weight is 420 g/mol. The van der Waals surface area contributed by atoms with E-state index in [1.165, 1.54) is 11.8 Å². The Balaban J connectivity index is 1.51. The maximum Gasteiger partial charge on any atom is 0.234 e. The van der Waals surface area contributed by atoms with Crippen molar-refractivity contribution < 1.29 is 4.79 Å². The minimum Gasteiger partial charge on any atom is -0.324 e. The molecule has 0 radical (unpaired) electrons. The summed E-state index contributed by atoms with van der Waals surface area (Å²) in [7, 11) is 0. The predicted molar refractivity (Wildman–Crippen MR) is 114 cm³/mol. The molecular weight excluding hydrogens is 406 g/mol. The topological polar surface area (TPSA) is 83.1 Å². The molecule has 6 nitrogen and oxygen atoms in total. The molecule has 29 heavy (non-hydrogen) atoms. The van der Waals surface area contributed by atoms with Gasteiger partial charge in [0.05, 0.1) is 28.2 Å². The summed E-state index contributed by atoms with van der Waals surface area (Å²) in [4.78, 5) is 16.7. The van der Waals surface area contributed by atoms with Gasteiger partial charge in [0.15, 0.2) is 0 Å². The highest BCUT2D eigenvalue weighted by Crippen LogP contribution is 2.27. The van der Waals surface area contributed by atoms with Crippen LogP contribution in [-0.4, -0.2) is 26.3 Å². The maximum atomic E-state index is 12.3. The minimum atomic E-state index is -0.209. The van der Waals surface area contributed by atoms with Crippen LogP contribution in [-0.2, 0) is 4.79 Å². The number of rotatable bonds is 5. The molecule has 4 aromatic rings. The molecule has 0 atom stereocenters. The van der Waals surface area contributed by atoms with E-state index in [2.05, 4.69) is 21.5 Å². The highest BCUT2D eigenvalue weighted by Gasteiger charge is 2.12. The number of anilines is 1. The lowest BCUT2D eigenvalue weighted by molar-refractivity contribution is -0.113. The second-order valence-corrected chi connectivity index (χ2v) is 7.49. The number of carbonyl (C=O) groups is 1. The van der Waals surface area contributed by atoms with Crippen molar-refractivity contribution in [3.05, 3.63) is 77.6 Å². The molecule has 0 saturated carbocycles. The second-order valence-electron chi connectivity index (χ2n) is 6.09. The van der Waals surface area contributed by atoms with E-state index < -0.39 is 0 Å². The number of benzene rings is 2. The van der Waals surface area contributed by atoms with Crippen LogP contribution in [0.4, 0.5) is 5.69 Å². The zero-order chi connectivity index (χ0) is 20.2. The van der Waals surface area contributed by atoms with Crippen LogP contribution in [0.3, 0.4) is 0 Å². The molecule has 2 aromatic heterocycles. The van der Waals surface area contributed by atoms with Crippen molar-refractivity contribution in [3.63, 3.8) is 0 Å². The summed E-state index contributed by atoms with van der Waals surface area (Å²) in [6.07, 6.45) is 3.42. The third-order valence-electron chi connectivity index (χ3n) is 4.16. The van der Waals surface area contributed by atoms with E-state index in [9.17, 15) is 4.79 Å². The Hall–Kier alpha value is -3.34. The zero-order valence-corrected chi connectivity index (χ0v) is 16.6. The maximum absolute atomic E-state index is 12.3. The molecule has 0 saturated heterocycles. The Morgan fingerprint density at radius 2 is 2.00 bits per heavy atom. The van der Waals surface area contributed by atoms with Crippen LogP contribution < -0.4 is 5.32 Å². The Labute approximate surface area is 176 Å². The Morgan fingerprint density at radius 1 is 1.21 bits per heavy atom. The number of nitrogens with one attached hydrogen (secondary N) is 1. The Bertz CT molecular complexity index is 1230. The smallest absolute Gasteiger partial charge is 0.234 e. The molecule has 4 rings (SSSR count). The number of fused-ring (bicyclic) bond motifs is 1. The molecule has 2 heterocycles. The molecule has 0 aliphatic heterocycles. The van der Waals surface area contributed by atoms with Crippen molar-refractivity contribution in [2.45, 2.75) is 5.03 Å². The number of hydrogen-bond acceptors (Lipinski definition) is 5. The van der Waals surface area contributed by atoms with Gasteiger partial charge in [-0.3, -0.25) is 4.79 Å². The lowest BCUT2D eigenvalue weighted by Gasteiger charge is -2.06. The quantitative estimate of drug-likeness (QED) is 0.476. The van der Waals surface area contributed by atoms with Gasteiger partial charge in [0.1, 0.15) is 11.1 Å². The zero-order valence-electron chi connectivity index (χ0n) is 15.0. The highest BCUT2D eigenvalue weighted by atomic mass is 35.5. The van der Waals surface area contributed by atoms with Crippen molar-refractivity contribution in [1.82, 2.24) is 14.6 Å². The standard InChI is InChI=1S/C21H14ClN5OS/c22-16-7-5-14(6-8-16)18-11-19-21(24-9-10-27(19)26-18)29-13-20(28)25-17-4-2-1-3-15(17)12-23/h1-11H,13H2,(H,25,28). The molecule has 0 aliphatic rings. The molecule has 0 fully saturated rings. The Kier molecular flexibility index (Phi) is 5.47. The van der Waals surface area contributed by atoms with Crippen LogP contribution in [0.25, 0.3) is 16.8 Å². The number of aromatic nitrogens is 3. The molecule has 0 bridgehead atoms. The molecule has 1 amide bonds. The van der Waals surface area contributed by atoms with E-state index >= 15 is 0 Å². The number of thioether (sulfide) groups is 1. The second kappa shape index (κ2) is 8.35. The summed E-state index contributed by atoms with van der Waals surface area (Å²) < 4.78 is 1.74. The largest absolute Gasteiger partial charge is 0.324 e. The first kappa shape index (κ1) is 19.0. The van der Waals surface area contributed by atoms with Gasteiger partial charge < -0.3 is 5.32 Å². The molecule has 0 spiro atoms. The van der Waals surface area contributed by atoms with Gasteiger partial charge in [-0.2, -0.15) is 10.4 Å². The van der Waals surface area contributed by atoms with Gasteiger partial charge in [-0.05, 0) is 30.3 Å². The normalized spacial score (nSPS) is 10.6. The number of amides is 1. The van der Waals surface area contributed by atoms with E-state index in [0.29, 0.717) is 21.3 Å². The first-order valence-corrected chi connectivity index (χ1v) is 10.0. The highest BCUT2D eigenvalue weighted by molar-refractivity contribution is 8.00. The van der Waals surface area contributed by atoms with Gasteiger partial charge >= 0.3 is 0 Å². The van der Waals surface area contributed by atoms with Gasteiger partial charge in [-0.25, -0.2) is 9.50 Å². The fourth-order valence-electron chi connectivity index (χ4n) is 2.78. The van der Waals surface area contributed by atoms with Crippen LogP contribution in [0.1, 0.15) is 5.56 Å². The van der Waals surface area contributed by atoms with Gasteiger partial charge in [0.25, 0.3) is 0 Å². The summed E-state index contributed by atoms with van der Waals surface area (Å²) in [5.41, 5.74) is 3.48. The molecule has 2 aromatic carbocycles. The summed E-state index contributed by atoms with van der Waals surface area (Å²) in [5.74, 6) is -0.0487. The average Bonchev–Trinajstić information content (AvgIpc) is 3.18. The minimum absolute atomic E-state index is 0.161. The SMILES string of the molecule is N#Cc1ccccc1NC(=O)CSc1nccn2nc(-c3ccc(Cl)cc3)cc12. The van der Waals surface area contributed by atoms with Crippen molar-refractivity contribution in [3.8, 4) is 17.3 Å². The van der Waals surface area contributed by atoms with Crippen molar-refractivity contribution >= 4 is 40.5 Å². The van der Waals surface area contributed by atoms with Gasteiger partial charge in [0, 0.05) is 23.0 Å².